The van der Waals surface area contributed by atoms with E-state index in [9.17, 15) is 4.79 Å². The number of carbonyl (C=O) groups is 1. The third-order valence-corrected chi connectivity index (χ3v) is 2.33. The van der Waals surface area contributed by atoms with Crippen LogP contribution in [0.25, 0.3) is 0 Å². The lowest BCUT2D eigenvalue weighted by atomic mass is 9.86. The SMILES string of the molecule is CCOC(=O)[C@H]1CCC[C@H](N)C1. The van der Waals surface area contributed by atoms with Gasteiger partial charge >= 0.3 is 5.97 Å². The molecule has 3 nitrogen and oxygen atoms in total. The van der Waals surface area contributed by atoms with Gasteiger partial charge in [-0.25, -0.2) is 0 Å². The molecule has 1 fully saturated rings. The predicted molar refractivity (Wildman–Crippen MR) is 46.6 cm³/mol. The fourth-order valence-corrected chi connectivity index (χ4v) is 1.70. The van der Waals surface area contributed by atoms with Gasteiger partial charge in [-0.15, -0.1) is 0 Å². The Morgan fingerprint density at radius 3 is 2.92 bits per heavy atom. The maximum Gasteiger partial charge on any atom is 0.308 e. The van der Waals surface area contributed by atoms with E-state index < -0.39 is 0 Å². The number of carbonyl (C=O) groups excluding carboxylic acids is 1. The van der Waals surface area contributed by atoms with Crippen LogP contribution in [0.4, 0.5) is 0 Å². The van der Waals surface area contributed by atoms with Gasteiger partial charge in [-0.05, 0) is 26.2 Å². The number of hydrogen-bond donors (Lipinski definition) is 1. The van der Waals surface area contributed by atoms with Gasteiger partial charge in [0.15, 0.2) is 0 Å². The molecular formula is C9H17NO2. The molecule has 1 rings (SSSR count). The van der Waals surface area contributed by atoms with E-state index in [1.807, 2.05) is 6.92 Å². The molecule has 2 atom stereocenters. The summed E-state index contributed by atoms with van der Waals surface area (Å²) < 4.78 is 4.94. The van der Waals surface area contributed by atoms with Crippen molar-refractivity contribution in [2.45, 2.75) is 38.6 Å². The van der Waals surface area contributed by atoms with E-state index in [0.29, 0.717) is 6.61 Å². The van der Waals surface area contributed by atoms with E-state index >= 15 is 0 Å². The molecule has 0 radical (unpaired) electrons. The lowest BCUT2D eigenvalue weighted by Gasteiger charge is -2.24. The Morgan fingerprint density at radius 1 is 1.58 bits per heavy atom. The van der Waals surface area contributed by atoms with Gasteiger partial charge in [-0.3, -0.25) is 4.79 Å². The maximum atomic E-state index is 11.3. The molecule has 0 aliphatic heterocycles. The Morgan fingerprint density at radius 2 is 2.33 bits per heavy atom. The number of rotatable bonds is 2. The summed E-state index contributed by atoms with van der Waals surface area (Å²) in [6.07, 6.45) is 3.87. The Bertz CT molecular complexity index is 159. The predicted octanol–water partition coefficient (Wildman–Crippen LogP) is 1.07. The molecule has 0 spiro atoms. The molecule has 12 heavy (non-hydrogen) atoms. The van der Waals surface area contributed by atoms with E-state index in [2.05, 4.69) is 0 Å². The highest BCUT2D eigenvalue weighted by Crippen LogP contribution is 2.23. The van der Waals surface area contributed by atoms with E-state index in [-0.39, 0.29) is 17.9 Å². The van der Waals surface area contributed by atoms with E-state index in [0.717, 1.165) is 25.7 Å². The molecule has 0 aromatic carbocycles. The van der Waals surface area contributed by atoms with Crippen molar-refractivity contribution in [3.63, 3.8) is 0 Å². The smallest absolute Gasteiger partial charge is 0.308 e. The van der Waals surface area contributed by atoms with Crippen molar-refractivity contribution in [3.8, 4) is 0 Å². The zero-order valence-corrected chi connectivity index (χ0v) is 7.58. The number of hydrogen-bond acceptors (Lipinski definition) is 3. The molecule has 3 heteroatoms. The van der Waals surface area contributed by atoms with Crippen LogP contribution in [0.15, 0.2) is 0 Å². The molecule has 70 valence electrons. The molecule has 1 aliphatic carbocycles. The molecule has 0 amide bonds. The second-order valence-electron chi connectivity index (χ2n) is 3.38. The van der Waals surface area contributed by atoms with Gasteiger partial charge in [0.05, 0.1) is 12.5 Å². The van der Waals surface area contributed by atoms with E-state index in [4.69, 9.17) is 10.5 Å². The Kier molecular flexibility index (Phi) is 3.53. The van der Waals surface area contributed by atoms with Crippen LogP contribution < -0.4 is 5.73 Å². The van der Waals surface area contributed by atoms with Crippen molar-refractivity contribution >= 4 is 5.97 Å². The zero-order valence-electron chi connectivity index (χ0n) is 7.58. The minimum absolute atomic E-state index is 0.0624. The summed E-state index contributed by atoms with van der Waals surface area (Å²) in [6, 6.07) is 0.202. The highest BCUT2D eigenvalue weighted by molar-refractivity contribution is 5.72. The van der Waals surface area contributed by atoms with Gasteiger partial charge in [0.2, 0.25) is 0 Å². The second-order valence-corrected chi connectivity index (χ2v) is 3.38. The van der Waals surface area contributed by atoms with Crippen molar-refractivity contribution in [2.75, 3.05) is 6.61 Å². The molecule has 0 heterocycles. The first-order valence-corrected chi connectivity index (χ1v) is 4.66. The molecule has 0 bridgehead atoms. The minimum Gasteiger partial charge on any atom is -0.466 e. The van der Waals surface area contributed by atoms with Gasteiger partial charge in [0.25, 0.3) is 0 Å². The molecule has 0 unspecified atom stereocenters. The zero-order chi connectivity index (χ0) is 8.97. The second kappa shape index (κ2) is 4.45. The summed E-state index contributed by atoms with van der Waals surface area (Å²) in [5, 5.41) is 0. The summed E-state index contributed by atoms with van der Waals surface area (Å²) in [4.78, 5) is 11.3. The van der Waals surface area contributed by atoms with Crippen LogP contribution in [-0.4, -0.2) is 18.6 Å². The standard InChI is InChI=1S/C9H17NO2/c1-2-12-9(11)7-4-3-5-8(10)6-7/h7-8H,2-6,10H2,1H3/t7-,8-/m0/s1. The first-order chi connectivity index (χ1) is 5.74. The fourth-order valence-electron chi connectivity index (χ4n) is 1.70. The largest absolute Gasteiger partial charge is 0.466 e. The van der Waals surface area contributed by atoms with Gasteiger partial charge in [-0.2, -0.15) is 0 Å². The van der Waals surface area contributed by atoms with Gasteiger partial charge in [-0.1, -0.05) is 6.42 Å². The van der Waals surface area contributed by atoms with Crippen molar-refractivity contribution in [3.05, 3.63) is 0 Å². The van der Waals surface area contributed by atoms with Crippen LogP contribution >= 0.6 is 0 Å². The minimum atomic E-state index is -0.0624. The Balaban J connectivity index is 2.35. The third kappa shape index (κ3) is 2.48. The summed E-state index contributed by atoms with van der Waals surface area (Å²) in [7, 11) is 0. The number of nitrogens with two attached hydrogens (primary N) is 1. The van der Waals surface area contributed by atoms with Crippen LogP contribution in [0.3, 0.4) is 0 Å². The summed E-state index contributed by atoms with van der Waals surface area (Å²) in [5.74, 6) is 0.00125. The highest BCUT2D eigenvalue weighted by atomic mass is 16.5. The van der Waals surface area contributed by atoms with Crippen molar-refractivity contribution in [1.29, 1.82) is 0 Å². The van der Waals surface area contributed by atoms with Gasteiger partial charge in [0, 0.05) is 6.04 Å². The van der Waals surface area contributed by atoms with E-state index in [1.54, 1.807) is 0 Å². The van der Waals surface area contributed by atoms with E-state index in [1.165, 1.54) is 0 Å². The van der Waals surface area contributed by atoms with Crippen LogP contribution in [0.1, 0.15) is 32.6 Å². The van der Waals surface area contributed by atoms with Crippen LogP contribution in [0, 0.1) is 5.92 Å². The molecule has 1 saturated carbocycles. The average Bonchev–Trinajstić information content (AvgIpc) is 2.05. The first kappa shape index (κ1) is 9.52. The lowest BCUT2D eigenvalue weighted by Crippen LogP contribution is -2.32. The van der Waals surface area contributed by atoms with Crippen molar-refractivity contribution in [1.82, 2.24) is 0 Å². The number of ether oxygens (including phenoxy) is 1. The summed E-state index contributed by atoms with van der Waals surface area (Å²) in [6.45, 7) is 2.31. The molecule has 0 saturated heterocycles. The molecule has 0 aromatic rings. The topological polar surface area (TPSA) is 52.3 Å². The Hall–Kier alpha value is -0.570. The maximum absolute atomic E-state index is 11.3. The van der Waals surface area contributed by atoms with Crippen LogP contribution in [-0.2, 0) is 9.53 Å². The first-order valence-electron chi connectivity index (χ1n) is 4.66. The Labute approximate surface area is 73.3 Å². The third-order valence-electron chi connectivity index (χ3n) is 2.33. The van der Waals surface area contributed by atoms with Crippen molar-refractivity contribution < 1.29 is 9.53 Å². The lowest BCUT2D eigenvalue weighted by molar-refractivity contribution is -0.149. The number of esters is 1. The molecular weight excluding hydrogens is 154 g/mol. The van der Waals surface area contributed by atoms with Gasteiger partial charge in [0.1, 0.15) is 0 Å². The van der Waals surface area contributed by atoms with Crippen LogP contribution in [0.5, 0.6) is 0 Å². The molecule has 2 N–H and O–H groups in total. The quantitative estimate of drug-likeness (QED) is 0.632. The normalized spacial score (nSPS) is 29.8. The van der Waals surface area contributed by atoms with Crippen LogP contribution in [0.2, 0.25) is 0 Å². The molecule has 0 aromatic heterocycles. The summed E-state index contributed by atoms with van der Waals surface area (Å²) >= 11 is 0. The summed E-state index contributed by atoms with van der Waals surface area (Å²) in [5.41, 5.74) is 5.75. The van der Waals surface area contributed by atoms with Crippen molar-refractivity contribution in [2.24, 2.45) is 11.7 Å². The average molecular weight is 171 g/mol. The fraction of sp³-hybridized carbons (Fsp3) is 0.889. The molecule has 1 aliphatic rings. The van der Waals surface area contributed by atoms with Gasteiger partial charge < -0.3 is 10.5 Å². The monoisotopic (exact) mass is 171 g/mol. The highest BCUT2D eigenvalue weighted by Gasteiger charge is 2.25.